The molecule has 8 nitrogen and oxygen atoms in total. The van der Waals surface area contributed by atoms with Gasteiger partial charge in [0.1, 0.15) is 5.58 Å². The molecule has 0 atom stereocenters. The Kier molecular flexibility index (Phi) is 4.23. The van der Waals surface area contributed by atoms with Crippen molar-refractivity contribution in [2.45, 2.75) is 0 Å². The number of hydrogen-bond donors (Lipinski definition) is 2. The number of anilines is 1. The average molecular weight is 400 g/mol. The zero-order valence-corrected chi connectivity index (χ0v) is 16.0. The van der Waals surface area contributed by atoms with Crippen LogP contribution in [0.15, 0.2) is 33.5 Å². The topological polar surface area (TPSA) is 117 Å². The first-order valence-electron chi connectivity index (χ1n) is 8.13. The normalized spacial score (nSPS) is 11.1. The van der Waals surface area contributed by atoms with Crippen LogP contribution in [-0.2, 0) is 0 Å². The van der Waals surface area contributed by atoms with Gasteiger partial charge in [-0.1, -0.05) is 11.3 Å². The molecule has 2 aromatic heterocycles. The summed E-state index contributed by atoms with van der Waals surface area (Å²) in [4.78, 5) is 17.1. The number of nitrogens with zero attached hydrogens (tertiary/aromatic N) is 1. The molecule has 0 unspecified atom stereocenters. The summed E-state index contributed by atoms with van der Waals surface area (Å²) in [6, 6.07) is 6.52. The van der Waals surface area contributed by atoms with Crippen molar-refractivity contribution in [3.8, 4) is 34.3 Å². The SMILES string of the molecule is COc1cc(-c2oc3ccc4nc(N)sc4c3c(=O)c2O)cc(OC)c1OC. The van der Waals surface area contributed by atoms with Crippen molar-refractivity contribution in [1.29, 1.82) is 0 Å². The Labute approximate surface area is 162 Å². The summed E-state index contributed by atoms with van der Waals surface area (Å²) in [6.45, 7) is 0. The van der Waals surface area contributed by atoms with Crippen molar-refractivity contribution in [3.63, 3.8) is 0 Å². The van der Waals surface area contributed by atoms with Gasteiger partial charge in [-0.3, -0.25) is 4.79 Å². The highest BCUT2D eigenvalue weighted by Crippen LogP contribution is 2.43. The average Bonchev–Trinajstić information content (AvgIpc) is 3.09. The summed E-state index contributed by atoms with van der Waals surface area (Å²) < 4.78 is 22.4. The Morgan fingerprint density at radius 1 is 1.11 bits per heavy atom. The molecule has 2 heterocycles. The van der Waals surface area contributed by atoms with Gasteiger partial charge < -0.3 is 29.5 Å². The quantitative estimate of drug-likeness (QED) is 0.535. The predicted octanol–water partition coefficient (Wildman–Crippen LogP) is 3.38. The van der Waals surface area contributed by atoms with E-state index in [2.05, 4.69) is 4.98 Å². The lowest BCUT2D eigenvalue weighted by molar-refractivity contribution is 0.324. The van der Waals surface area contributed by atoms with Crippen LogP contribution in [0.4, 0.5) is 5.13 Å². The van der Waals surface area contributed by atoms with Crippen molar-refractivity contribution in [2.24, 2.45) is 0 Å². The Bertz CT molecular complexity index is 1250. The van der Waals surface area contributed by atoms with Gasteiger partial charge in [-0.15, -0.1) is 0 Å². The number of nitrogens with two attached hydrogens (primary N) is 1. The molecular weight excluding hydrogens is 384 g/mol. The number of rotatable bonds is 4. The molecule has 0 aliphatic rings. The number of aromatic hydroxyl groups is 1. The standard InChI is InChI=1S/C19H16N2O6S/c1-24-11-6-8(7-12(25-2)17(11)26-3)16-15(23)14(22)13-10(27-16)5-4-9-18(13)28-19(20)21-9/h4-7,23H,1-3H3,(H2,20,21). The van der Waals surface area contributed by atoms with Crippen LogP contribution in [0.1, 0.15) is 0 Å². The van der Waals surface area contributed by atoms with Crippen molar-refractivity contribution >= 4 is 37.7 Å². The molecule has 0 aliphatic carbocycles. The minimum atomic E-state index is -0.570. The fraction of sp³-hybridized carbons (Fsp3) is 0.158. The van der Waals surface area contributed by atoms with E-state index in [0.29, 0.717) is 43.7 Å². The molecule has 0 aliphatic heterocycles. The second kappa shape index (κ2) is 6.61. The molecule has 0 fully saturated rings. The van der Waals surface area contributed by atoms with Gasteiger partial charge >= 0.3 is 0 Å². The molecule has 0 saturated carbocycles. The minimum absolute atomic E-state index is 0.00593. The molecule has 4 aromatic rings. The van der Waals surface area contributed by atoms with Crippen molar-refractivity contribution in [2.75, 3.05) is 27.1 Å². The van der Waals surface area contributed by atoms with Crippen LogP contribution in [0.25, 0.3) is 32.5 Å². The number of thiazole rings is 1. The lowest BCUT2D eigenvalue weighted by Crippen LogP contribution is -2.03. The molecule has 9 heteroatoms. The molecule has 144 valence electrons. The maximum absolute atomic E-state index is 12.9. The van der Waals surface area contributed by atoms with E-state index in [1.165, 1.54) is 21.3 Å². The summed E-state index contributed by atoms with van der Waals surface area (Å²) in [5, 5.41) is 11.2. The van der Waals surface area contributed by atoms with E-state index in [4.69, 9.17) is 24.4 Å². The van der Waals surface area contributed by atoms with Gasteiger partial charge in [0.15, 0.2) is 22.4 Å². The molecule has 4 rings (SSSR count). The largest absolute Gasteiger partial charge is 0.502 e. The van der Waals surface area contributed by atoms with Gasteiger partial charge in [0.25, 0.3) is 0 Å². The maximum Gasteiger partial charge on any atom is 0.236 e. The number of methoxy groups -OCH3 is 3. The number of aromatic nitrogens is 1. The molecule has 2 aromatic carbocycles. The van der Waals surface area contributed by atoms with Gasteiger partial charge in [-0.2, -0.15) is 0 Å². The zero-order valence-electron chi connectivity index (χ0n) is 15.2. The Morgan fingerprint density at radius 2 is 1.79 bits per heavy atom. The third kappa shape index (κ3) is 2.59. The zero-order chi connectivity index (χ0) is 20.0. The van der Waals surface area contributed by atoms with Crippen LogP contribution >= 0.6 is 11.3 Å². The van der Waals surface area contributed by atoms with Crippen LogP contribution in [0.2, 0.25) is 0 Å². The molecule has 0 amide bonds. The Morgan fingerprint density at radius 3 is 2.39 bits per heavy atom. The lowest BCUT2D eigenvalue weighted by Gasteiger charge is -2.14. The van der Waals surface area contributed by atoms with Crippen molar-refractivity contribution in [1.82, 2.24) is 4.98 Å². The van der Waals surface area contributed by atoms with Crippen LogP contribution in [0.3, 0.4) is 0 Å². The molecule has 28 heavy (non-hydrogen) atoms. The van der Waals surface area contributed by atoms with E-state index in [0.717, 1.165) is 11.3 Å². The van der Waals surface area contributed by atoms with Gasteiger partial charge in [0, 0.05) is 5.56 Å². The highest BCUT2D eigenvalue weighted by Gasteiger charge is 2.22. The van der Waals surface area contributed by atoms with E-state index in [-0.39, 0.29) is 11.1 Å². The monoisotopic (exact) mass is 400 g/mol. The molecule has 3 N–H and O–H groups in total. The number of benzene rings is 2. The number of hydrogen-bond acceptors (Lipinski definition) is 9. The van der Waals surface area contributed by atoms with Gasteiger partial charge in [0.2, 0.25) is 16.9 Å². The lowest BCUT2D eigenvalue weighted by atomic mass is 10.1. The first kappa shape index (κ1) is 17.9. The van der Waals surface area contributed by atoms with E-state index in [1.807, 2.05) is 0 Å². The predicted molar refractivity (Wildman–Crippen MR) is 107 cm³/mol. The number of nitrogen functional groups attached to an aromatic ring is 1. The second-order valence-corrected chi connectivity index (χ2v) is 6.89. The summed E-state index contributed by atoms with van der Waals surface area (Å²) in [7, 11) is 4.44. The van der Waals surface area contributed by atoms with E-state index >= 15 is 0 Å². The summed E-state index contributed by atoms with van der Waals surface area (Å²) in [5.41, 5.74) is 6.46. The fourth-order valence-corrected chi connectivity index (χ4v) is 3.95. The highest BCUT2D eigenvalue weighted by atomic mass is 32.1. The fourth-order valence-electron chi connectivity index (χ4n) is 3.08. The van der Waals surface area contributed by atoms with Crippen molar-refractivity contribution < 1.29 is 23.7 Å². The van der Waals surface area contributed by atoms with Gasteiger partial charge in [-0.25, -0.2) is 4.98 Å². The highest BCUT2D eigenvalue weighted by molar-refractivity contribution is 7.23. The van der Waals surface area contributed by atoms with Gasteiger partial charge in [-0.05, 0) is 24.3 Å². The third-order valence-corrected chi connectivity index (χ3v) is 5.25. The smallest absolute Gasteiger partial charge is 0.236 e. The first-order valence-corrected chi connectivity index (χ1v) is 8.95. The Balaban J connectivity index is 2.04. The summed E-state index contributed by atoms with van der Waals surface area (Å²) in [6.07, 6.45) is 0. The van der Waals surface area contributed by atoms with Crippen LogP contribution < -0.4 is 25.4 Å². The second-order valence-electron chi connectivity index (χ2n) is 5.86. The van der Waals surface area contributed by atoms with Crippen LogP contribution in [-0.4, -0.2) is 31.4 Å². The van der Waals surface area contributed by atoms with E-state index in [9.17, 15) is 9.90 Å². The third-order valence-electron chi connectivity index (χ3n) is 4.33. The van der Waals surface area contributed by atoms with Crippen molar-refractivity contribution in [3.05, 3.63) is 34.5 Å². The minimum Gasteiger partial charge on any atom is -0.502 e. The molecule has 0 radical (unpaired) electrons. The van der Waals surface area contributed by atoms with E-state index < -0.39 is 11.2 Å². The van der Waals surface area contributed by atoms with E-state index in [1.54, 1.807) is 24.3 Å². The molecule has 0 spiro atoms. The van der Waals surface area contributed by atoms with Crippen LogP contribution in [0.5, 0.6) is 23.0 Å². The summed E-state index contributed by atoms with van der Waals surface area (Å²) in [5.74, 6) is 0.586. The molecular formula is C19H16N2O6S. The van der Waals surface area contributed by atoms with Crippen LogP contribution in [0, 0.1) is 0 Å². The molecule has 0 saturated heterocycles. The number of fused-ring (bicyclic) bond motifs is 3. The summed E-state index contributed by atoms with van der Waals surface area (Å²) >= 11 is 1.16. The first-order chi connectivity index (χ1) is 13.5. The van der Waals surface area contributed by atoms with Gasteiger partial charge in [0.05, 0.1) is 36.9 Å². The Hall–Kier alpha value is -3.46. The maximum atomic E-state index is 12.9. The number of ether oxygens (including phenoxy) is 3. The molecule has 0 bridgehead atoms.